The van der Waals surface area contributed by atoms with Gasteiger partial charge >= 0.3 is 6.18 Å². The third-order valence-electron chi connectivity index (χ3n) is 2.14. The van der Waals surface area contributed by atoms with Crippen molar-refractivity contribution in [2.75, 3.05) is 5.32 Å². The number of nitrogens with one attached hydrogen (secondary N) is 1. The second-order valence-electron chi connectivity index (χ2n) is 3.57. The third-order valence-corrected chi connectivity index (χ3v) is 2.14. The minimum Gasteiger partial charge on any atom is -0.324 e. The first-order chi connectivity index (χ1) is 8.34. The van der Waals surface area contributed by atoms with Crippen molar-refractivity contribution in [2.45, 2.75) is 19.0 Å². The Balaban J connectivity index is 2.88. The zero-order valence-corrected chi connectivity index (χ0v) is 9.35. The summed E-state index contributed by atoms with van der Waals surface area (Å²) in [6.07, 6.45) is -2.68. The molecule has 2 nitrogen and oxygen atoms in total. The predicted molar refractivity (Wildman–Crippen MR) is 59.5 cm³/mol. The van der Waals surface area contributed by atoms with Crippen LogP contribution in [-0.4, -0.2) is 5.91 Å². The van der Waals surface area contributed by atoms with E-state index in [1.807, 2.05) is 0 Å². The van der Waals surface area contributed by atoms with Gasteiger partial charge in [-0.25, -0.2) is 4.39 Å². The normalized spacial score (nSPS) is 11.1. The molecule has 0 heterocycles. The van der Waals surface area contributed by atoms with Crippen molar-refractivity contribution < 1.29 is 22.4 Å². The molecule has 0 unspecified atom stereocenters. The van der Waals surface area contributed by atoms with E-state index in [4.69, 9.17) is 0 Å². The van der Waals surface area contributed by atoms with Gasteiger partial charge in [0.25, 0.3) is 0 Å². The van der Waals surface area contributed by atoms with Crippen molar-refractivity contribution in [2.24, 2.45) is 0 Å². The molecule has 6 heteroatoms. The molecule has 0 saturated heterocycles. The van der Waals surface area contributed by atoms with Crippen LogP contribution in [0.1, 0.15) is 18.4 Å². The molecule has 0 spiro atoms. The van der Waals surface area contributed by atoms with E-state index < -0.39 is 29.2 Å². The van der Waals surface area contributed by atoms with Crippen LogP contribution in [0.25, 0.3) is 0 Å². The largest absolute Gasteiger partial charge is 0.416 e. The molecule has 0 aliphatic rings. The van der Waals surface area contributed by atoms with Gasteiger partial charge in [-0.05, 0) is 24.6 Å². The standard InChI is InChI=1S/C12H11F4NO/c1-2-3-4-11(18)17-10-7-8(12(14,15)16)5-6-9(10)13/h2,5-7H,1,3-4H2,(H,17,18). The summed E-state index contributed by atoms with van der Waals surface area (Å²) in [7, 11) is 0. The summed E-state index contributed by atoms with van der Waals surface area (Å²) in [5.41, 5.74) is -1.48. The minimum absolute atomic E-state index is 0.0409. The molecule has 1 amide bonds. The molecule has 1 N–H and O–H groups in total. The van der Waals surface area contributed by atoms with Crippen molar-refractivity contribution in [3.63, 3.8) is 0 Å². The fourth-order valence-electron chi connectivity index (χ4n) is 1.24. The molecule has 0 saturated carbocycles. The Morgan fingerprint density at radius 1 is 1.39 bits per heavy atom. The highest BCUT2D eigenvalue weighted by atomic mass is 19.4. The Morgan fingerprint density at radius 3 is 2.61 bits per heavy atom. The topological polar surface area (TPSA) is 29.1 Å². The number of halogens is 4. The Labute approximate surface area is 101 Å². The molecule has 0 atom stereocenters. The summed E-state index contributed by atoms with van der Waals surface area (Å²) < 4.78 is 50.4. The quantitative estimate of drug-likeness (QED) is 0.649. The zero-order chi connectivity index (χ0) is 13.8. The van der Waals surface area contributed by atoms with Crippen molar-refractivity contribution in [3.8, 4) is 0 Å². The second kappa shape index (κ2) is 5.66. The van der Waals surface area contributed by atoms with E-state index in [2.05, 4.69) is 11.9 Å². The summed E-state index contributed by atoms with van der Waals surface area (Å²) >= 11 is 0. The van der Waals surface area contributed by atoms with E-state index in [-0.39, 0.29) is 6.42 Å². The van der Waals surface area contributed by atoms with Crippen molar-refractivity contribution >= 4 is 11.6 Å². The van der Waals surface area contributed by atoms with Gasteiger partial charge in [-0.2, -0.15) is 13.2 Å². The lowest BCUT2D eigenvalue weighted by molar-refractivity contribution is -0.137. The maximum Gasteiger partial charge on any atom is 0.416 e. The fourth-order valence-corrected chi connectivity index (χ4v) is 1.24. The van der Waals surface area contributed by atoms with Crippen molar-refractivity contribution in [3.05, 3.63) is 42.2 Å². The Kier molecular flexibility index (Phi) is 4.47. The van der Waals surface area contributed by atoms with E-state index in [9.17, 15) is 22.4 Å². The number of allylic oxidation sites excluding steroid dienone is 1. The van der Waals surface area contributed by atoms with Gasteiger partial charge in [0.1, 0.15) is 5.82 Å². The second-order valence-corrected chi connectivity index (χ2v) is 3.57. The van der Waals surface area contributed by atoms with Crippen LogP contribution < -0.4 is 5.32 Å². The third kappa shape index (κ3) is 3.87. The Bertz CT molecular complexity index is 454. The predicted octanol–water partition coefficient (Wildman–Crippen LogP) is 3.75. The van der Waals surface area contributed by atoms with Crippen molar-refractivity contribution in [1.82, 2.24) is 0 Å². The van der Waals surface area contributed by atoms with Crippen LogP contribution in [0, 0.1) is 5.82 Å². The Morgan fingerprint density at radius 2 is 2.06 bits per heavy atom. The molecular weight excluding hydrogens is 250 g/mol. The van der Waals surface area contributed by atoms with Gasteiger partial charge < -0.3 is 5.32 Å². The number of anilines is 1. The molecule has 0 aromatic heterocycles. The maximum atomic E-state index is 13.2. The van der Waals surface area contributed by atoms with Crippen LogP contribution in [0.15, 0.2) is 30.9 Å². The van der Waals surface area contributed by atoms with Gasteiger partial charge in [0.2, 0.25) is 5.91 Å². The van der Waals surface area contributed by atoms with E-state index >= 15 is 0 Å². The SMILES string of the molecule is C=CCCC(=O)Nc1cc(C(F)(F)F)ccc1F. The molecule has 1 rings (SSSR count). The average Bonchev–Trinajstić information content (AvgIpc) is 2.28. The molecule has 18 heavy (non-hydrogen) atoms. The lowest BCUT2D eigenvalue weighted by Crippen LogP contribution is -2.13. The summed E-state index contributed by atoms with van der Waals surface area (Å²) in [6, 6.07) is 1.86. The van der Waals surface area contributed by atoms with E-state index in [0.29, 0.717) is 24.6 Å². The minimum atomic E-state index is -4.58. The molecular formula is C12H11F4NO. The first-order valence-corrected chi connectivity index (χ1v) is 5.12. The van der Waals surface area contributed by atoms with Gasteiger partial charge in [0.05, 0.1) is 11.3 Å². The van der Waals surface area contributed by atoms with Crippen LogP contribution in [0.4, 0.5) is 23.2 Å². The van der Waals surface area contributed by atoms with Crippen LogP contribution in [-0.2, 0) is 11.0 Å². The molecule has 98 valence electrons. The molecule has 0 bridgehead atoms. The van der Waals surface area contributed by atoms with Gasteiger partial charge in [-0.3, -0.25) is 4.79 Å². The molecule has 0 fully saturated rings. The Hall–Kier alpha value is -1.85. The van der Waals surface area contributed by atoms with Crippen LogP contribution in [0.3, 0.4) is 0 Å². The van der Waals surface area contributed by atoms with Crippen molar-refractivity contribution in [1.29, 1.82) is 0 Å². The van der Waals surface area contributed by atoms with Crippen LogP contribution in [0.5, 0.6) is 0 Å². The van der Waals surface area contributed by atoms with Crippen LogP contribution in [0.2, 0.25) is 0 Å². The fraction of sp³-hybridized carbons (Fsp3) is 0.250. The number of benzene rings is 1. The van der Waals surface area contributed by atoms with Crippen LogP contribution >= 0.6 is 0 Å². The number of rotatable bonds is 4. The molecule has 0 radical (unpaired) electrons. The highest BCUT2D eigenvalue weighted by molar-refractivity contribution is 5.91. The lowest BCUT2D eigenvalue weighted by Gasteiger charge is -2.10. The highest BCUT2D eigenvalue weighted by Gasteiger charge is 2.31. The monoisotopic (exact) mass is 261 g/mol. The first kappa shape index (κ1) is 14.2. The van der Waals surface area contributed by atoms with Gasteiger partial charge in [-0.1, -0.05) is 6.08 Å². The summed E-state index contributed by atoms with van der Waals surface area (Å²) in [5, 5.41) is 2.10. The number of hydrogen-bond acceptors (Lipinski definition) is 1. The average molecular weight is 261 g/mol. The summed E-state index contributed by atoms with van der Waals surface area (Å²) in [5.74, 6) is -1.47. The molecule has 1 aromatic carbocycles. The first-order valence-electron chi connectivity index (χ1n) is 5.12. The van der Waals surface area contributed by atoms with E-state index in [1.165, 1.54) is 6.08 Å². The number of amides is 1. The molecule has 0 aliphatic heterocycles. The zero-order valence-electron chi connectivity index (χ0n) is 9.35. The maximum absolute atomic E-state index is 13.2. The van der Waals surface area contributed by atoms with Gasteiger partial charge in [-0.15, -0.1) is 6.58 Å². The van der Waals surface area contributed by atoms with Gasteiger partial charge in [0, 0.05) is 6.42 Å². The molecule has 0 aliphatic carbocycles. The number of hydrogen-bond donors (Lipinski definition) is 1. The smallest absolute Gasteiger partial charge is 0.324 e. The number of alkyl halides is 3. The molecule has 1 aromatic rings. The van der Waals surface area contributed by atoms with E-state index in [1.54, 1.807) is 0 Å². The highest BCUT2D eigenvalue weighted by Crippen LogP contribution is 2.31. The van der Waals surface area contributed by atoms with Gasteiger partial charge in [0.15, 0.2) is 0 Å². The van der Waals surface area contributed by atoms with E-state index in [0.717, 1.165) is 0 Å². The summed E-state index contributed by atoms with van der Waals surface area (Å²) in [6.45, 7) is 3.40. The number of carbonyl (C=O) groups excluding carboxylic acids is 1. The summed E-state index contributed by atoms with van der Waals surface area (Å²) in [4.78, 5) is 11.3. The lowest BCUT2D eigenvalue weighted by atomic mass is 10.2. The number of carbonyl (C=O) groups is 1.